The third-order valence-electron chi connectivity index (χ3n) is 4.72. The van der Waals surface area contributed by atoms with Gasteiger partial charge in [-0.1, -0.05) is 11.6 Å². The Morgan fingerprint density at radius 3 is 2.40 bits per heavy atom. The minimum atomic E-state index is -4.73. The third-order valence-corrected chi connectivity index (χ3v) is 4.98. The van der Waals surface area contributed by atoms with E-state index in [1.54, 1.807) is 29.2 Å². The van der Waals surface area contributed by atoms with Crippen LogP contribution in [0.5, 0.6) is 0 Å². The molecule has 3 heterocycles. The van der Waals surface area contributed by atoms with E-state index in [1.807, 2.05) is 13.8 Å². The number of tetrazole rings is 1. The number of hydrogen-bond acceptors (Lipinski definition) is 7. The number of morpholine rings is 1. The van der Waals surface area contributed by atoms with Crippen molar-refractivity contribution < 1.29 is 17.9 Å². The zero-order valence-corrected chi connectivity index (χ0v) is 16.8. The maximum atomic E-state index is 13.9. The molecular weight excluding hydrogens is 423 g/mol. The van der Waals surface area contributed by atoms with Crippen LogP contribution in [0.1, 0.15) is 19.5 Å². The first-order chi connectivity index (χ1) is 14.3. The smallest absolute Gasteiger partial charge is 0.377 e. The summed E-state index contributed by atoms with van der Waals surface area (Å²) >= 11 is 5.89. The van der Waals surface area contributed by atoms with Gasteiger partial charge in [0.05, 0.1) is 36.5 Å². The molecule has 4 rings (SSSR count). The van der Waals surface area contributed by atoms with Crippen LogP contribution < -0.4 is 4.90 Å². The van der Waals surface area contributed by atoms with Gasteiger partial charge in [-0.3, -0.25) is 0 Å². The van der Waals surface area contributed by atoms with E-state index in [0.29, 0.717) is 23.9 Å². The molecule has 0 radical (unpaired) electrons. The van der Waals surface area contributed by atoms with E-state index in [2.05, 4.69) is 25.5 Å². The summed E-state index contributed by atoms with van der Waals surface area (Å²) in [6, 6.07) is 6.05. The molecule has 0 bridgehead atoms. The lowest BCUT2D eigenvalue weighted by atomic mass is 10.1. The number of nitrogens with zero attached hydrogens (tertiary/aromatic N) is 7. The summed E-state index contributed by atoms with van der Waals surface area (Å²) in [7, 11) is 0. The number of ether oxygens (including phenoxy) is 1. The van der Waals surface area contributed by atoms with Crippen molar-refractivity contribution in [2.75, 3.05) is 18.1 Å². The Balaban J connectivity index is 1.82. The molecule has 2 atom stereocenters. The van der Waals surface area contributed by atoms with Crippen molar-refractivity contribution in [3.8, 4) is 17.1 Å². The predicted octanol–water partition coefficient (Wildman–Crippen LogP) is 3.41. The Labute approximate surface area is 174 Å². The van der Waals surface area contributed by atoms with Gasteiger partial charge in [-0.15, -0.1) is 5.10 Å². The minimum absolute atomic E-state index is 0.0140. The number of alkyl halides is 3. The number of benzene rings is 1. The second-order valence-corrected chi connectivity index (χ2v) is 7.40. The van der Waals surface area contributed by atoms with E-state index in [9.17, 15) is 13.2 Å². The summed E-state index contributed by atoms with van der Waals surface area (Å²) in [6.45, 7) is 4.46. The van der Waals surface area contributed by atoms with E-state index in [-0.39, 0.29) is 29.4 Å². The van der Waals surface area contributed by atoms with E-state index < -0.39 is 11.9 Å². The predicted molar refractivity (Wildman–Crippen MR) is 102 cm³/mol. The van der Waals surface area contributed by atoms with Crippen molar-refractivity contribution in [1.82, 2.24) is 30.2 Å². The van der Waals surface area contributed by atoms with Crippen molar-refractivity contribution in [2.24, 2.45) is 0 Å². The maximum absolute atomic E-state index is 13.9. The first kappa shape index (κ1) is 20.5. The topological polar surface area (TPSA) is 81.9 Å². The molecular formula is C18H17ClF3N7O. The average Bonchev–Trinajstić information content (AvgIpc) is 3.17. The Kier molecular flexibility index (Phi) is 5.33. The summed E-state index contributed by atoms with van der Waals surface area (Å²) in [4.78, 5) is 9.82. The van der Waals surface area contributed by atoms with E-state index in [1.165, 1.54) is 4.68 Å². The van der Waals surface area contributed by atoms with Gasteiger partial charge in [-0.2, -0.15) is 17.9 Å². The molecule has 1 saturated heterocycles. The van der Waals surface area contributed by atoms with Gasteiger partial charge in [0.2, 0.25) is 5.95 Å². The van der Waals surface area contributed by atoms with Crippen LogP contribution in [0.3, 0.4) is 0 Å². The summed E-state index contributed by atoms with van der Waals surface area (Å²) < 4.78 is 48.4. The SMILES string of the molecule is CC1COCC(C)N1c1ncc(-c2nnnn2-c2ccc(Cl)cc2)c(C(F)(F)F)n1. The number of hydrogen-bond donors (Lipinski definition) is 0. The van der Waals surface area contributed by atoms with Crippen molar-refractivity contribution >= 4 is 17.5 Å². The highest BCUT2D eigenvalue weighted by Crippen LogP contribution is 2.36. The zero-order valence-electron chi connectivity index (χ0n) is 16.0. The molecule has 12 heteroatoms. The van der Waals surface area contributed by atoms with E-state index in [0.717, 1.165) is 6.20 Å². The zero-order chi connectivity index (χ0) is 21.5. The Hall–Kier alpha value is -2.79. The molecule has 1 aliphatic rings. The van der Waals surface area contributed by atoms with Crippen LogP contribution in [-0.2, 0) is 10.9 Å². The molecule has 158 valence electrons. The highest BCUT2D eigenvalue weighted by molar-refractivity contribution is 6.30. The first-order valence-corrected chi connectivity index (χ1v) is 9.48. The van der Waals surface area contributed by atoms with Gasteiger partial charge in [0.15, 0.2) is 11.5 Å². The molecule has 1 fully saturated rings. The van der Waals surface area contributed by atoms with Gasteiger partial charge in [0.1, 0.15) is 0 Å². The lowest BCUT2D eigenvalue weighted by Crippen LogP contribution is -2.50. The second kappa shape index (κ2) is 7.80. The quantitative estimate of drug-likeness (QED) is 0.618. The molecule has 1 aromatic carbocycles. The molecule has 30 heavy (non-hydrogen) atoms. The van der Waals surface area contributed by atoms with Crippen molar-refractivity contribution in [3.63, 3.8) is 0 Å². The van der Waals surface area contributed by atoms with E-state index >= 15 is 0 Å². The van der Waals surface area contributed by atoms with Crippen LogP contribution in [-0.4, -0.2) is 55.5 Å². The number of rotatable bonds is 3. The maximum Gasteiger partial charge on any atom is 0.434 e. The lowest BCUT2D eigenvalue weighted by Gasteiger charge is -2.38. The molecule has 3 aromatic rings. The molecule has 0 amide bonds. The van der Waals surface area contributed by atoms with Gasteiger partial charge in [0, 0.05) is 11.2 Å². The number of aromatic nitrogens is 6. The van der Waals surface area contributed by atoms with Crippen LogP contribution in [0.15, 0.2) is 30.5 Å². The van der Waals surface area contributed by atoms with Crippen LogP contribution in [0, 0.1) is 0 Å². The van der Waals surface area contributed by atoms with E-state index in [4.69, 9.17) is 16.3 Å². The molecule has 0 aliphatic carbocycles. The highest BCUT2D eigenvalue weighted by Gasteiger charge is 2.39. The molecule has 2 unspecified atom stereocenters. The summed E-state index contributed by atoms with van der Waals surface area (Å²) in [6.07, 6.45) is -3.62. The van der Waals surface area contributed by atoms with Gasteiger partial charge < -0.3 is 9.64 Å². The minimum Gasteiger partial charge on any atom is -0.377 e. The summed E-state index contributed by atoms with van der Waals surface area (Å²) in [5, 5.41) is 11.6. The van der Waals surface area contributed by atoms with Gasteiger partial charge in [0.25, 0.3) is 0 Å². The molecule has 1 aliphatic heterocycles. The second-order valence-electron chi connectivity index (χ2n) is 6.96. The Morgan fingerprint density at radius 1 is 1.10 bits per heavy atom. The largest absolute Gasteiger partial charge is 0.434 e. The number of anilines is 1. The van der Waals surface area contributed by atoms with Gasteiger partial charge in [-0.05, 0) is 48.5 Å². The van der Waals surface area contributed by atoms with Crippen molar-refractivity contribution in [2.45, 2.75) is 32.1 Å². The fourth-order valence-corrected chi connectivity index (χ4v) is 3.51. The fourth-order valence-electron chi connectivity index (χ4n) is 3.39. The molecule has 2 aromatic heterocycles. The average molecular weight is 440 g/mol. The summed E-state index contributed by atoms with van der Waals surface area (Å²) in [5.74, 6) is -0.140. The normalized spacial score (nSPS) is 19.9. The molecule has 0 saturated carbocycles. The van der Waals surface area contributed by atoms with Crippen LogP contribution >= 0.6 is 11.6 Å². The number of halogens is 4. The molecule has 0 spiro atoms. The molecule has 8 nitrogen and oxygen atoms in total. The Morgan fingerprint density at radius 2 is 1.77 bits per heavy atom. The third kappa shape index (κ3) is 3.82. The van der Waals surface area contributed by atoms with Crippen LogP contribution in [0.25, 0.3) is 17.1 Å². The standard InChI is InChI=1S/C18H17ClF3N7O/c1-10-8-30-9-11(2)28(10)17-23-7-14(15(24-17)18(20,21)22)16-25-26-27-29(16)13-5-3-12(19)4-6-13/h3-7,10-11H,8-9H2,1-2H3. The molecule has 0 N–H and O–H groups in total. The van der Waals surface area contributed by atoms with Crippen molar-refractivity contribution in [1.29, 1.82) is 0 Å². The van der Waals surface area contributed by atoms with Crippen LogP contribution in [0.4, 0.5) is 19.1 Å². The first-order valence-electron chi connectivity index (χ1n) is 9.10. The lowest BCUT2D eigenvalue weighted by molar-refractivity contribution is -0.140. The Bertz CT molecular complexity index is 1030. The van der Waals surface area contributed by atoms with Gasteiger partial charge in [-0.25, -0.2) is 9.97 Å². The van der Waals surface area contributed by atoms with Crippen molar-refractivity contribution in [3.05, 3.63) is 41.2 Å². The van der Waals surface area contributed by atoms with Crippen LogP contribution in [0.2, 0.25) is 5.02 Å². The van der Waals surface area contributed by atoms with Gasteiger partial charge >= 0.3 is 6.18 Å². The highest BCUT2D eigenvalue weighted by atomic mass is 35.5. The monoisotopic (exact) mass is 439 g/mol. The summed E-state index contributed by atoms with van der Waals surface area (Å²) in [5.41, 5.74) is -0.977. The fraction of sp³-hybridized carbons (Fsp3) is 0.389.